The summed E-state index contributed by atoms with van der Waals surface area (Å²) in [6.07, 6.45) is 0. The third-order valence-electron chi connectivity index (χ3n) is 2.75. The molecule has 0 saturated carbocycles. The predicted octanol–water partition coefficient (Wildman–Crippen LogP) is 2.14. The molecule has 0 bridgehead atoms. The highest BCUT2D eigenvalue weighted by Crippen LogP contribution is 2.14. The van der Waals surface area contributed by atoms with Gasteiger partial charge in [0.05, 0.1) is 0 Å². The molecular weight excluding hydrogens is 240 g/mol. The average molecular weight is 256 g/mol. The summed E-state index contributed by atoms with van der Waals surface area (Å²) in [5, 5.41) is 9.58. The minimum Gasteiger partial charge on any atom is -0.508 e. The Morgan fingerprint density at radius 3 is 2.68 bits per heavy atom. The van der Waals surface area contributed by atoms with Gasteiger partial charge in [0, 0.05) is 17.7 Å². The number of aryl methyl sites for hydroxylation is 1. The van der Waals surface area contributed by atoms with Crippen molar-refractivity contribution in [2.45, 2.75) is 13.5 Å². The van der Waals surface area contributed by atoms with Gasteiger partial charge in [-0.15, -0.1) is 0 Å². The van der Waals surface area contributed by atoms with Crippen molar-refractivity contribution in [1.29, 1.82) is 0 Å². The number of phenolic OH excluding ortho intramolecular Hbond substituents is 1. The summed E-state index contributed by atoms with van der Waals surface area (Å²) >= 11 is 0. The van der Waals surface area contributed by atoms with Crippen LogP contribution in [0.5, 0.6) is 5.75 Å². The van der Waals surface area contributed by atoms with Gasteiger partial charge >= 0.3 is 0 Å². The van der Waals surface area contributed by atoms with Crippen molar-refractivity contribution >= 4 is 5.91 Å². The lowest BCUT2D eigenvalue weighted by molar-refractivity contribution is 0.0932. The van der Waals surface area contributed by atoms with Crippen LogP contribution in [-0.2, 0) is 6.54 Å². The van der Waals surface area contributed by atoms with E-state index in [1.807, 2.05) is 31.2 Å². The first-order valence-corrected chi connectivity index (χ1v) is 6.03. The molecule has 19 heavy (non-hydrogen) atoms. The molecule has 0 fully saturated rings. The first kappa shape index (κ1) is 13.1. The lowest BCUT2D eigenvalue weighted by Gasteiger charge is -2.08. The molecule has 0 spiro atoms. The van der Waals surface area contributed by atoms with Gasteiger partial charge < -0.3 is 5.11 Å². The van der Waals surface area contributed by atoms with Gasteiger partial charge in [0.25, 0.3) is 5.91 Å². The average Bonchev–Trinajstić information content (AvgIpc) is 2.41. The van der Waals surface area contributed by atoms with Crippen molar-refractivity contribution in [2.75, 3.05) is 0 Å². The summed E-state index contributed by atoms with van der Waals surface area (Å²) in [7, 11) is 0. The fourth-order valence-corrected chi connectivity index (χ4v) is 1.74. The second-order valence-electron chi connectivity index (χ2n) is 4.31. The minimum absolute atomic E-state index is 0.195. The normalized spacial score (nSPS) is 10.2. The number of carbonyl (C=O) groups is 1. The second kappa shape index (κ2) is 6.02. The number of hydrogen-bond acceptors (Lipinski definition) is 3. The molecule has 0 aliphatic heterocycles. The summed E-state index contributed by atoms with van der Waals surface area (Å²) in [6, 6.07) is 14.3. The number of aromatic hydroxyl groups is 1. The Balaban J connectivity index is 1.90. The van der Waals surface area contributed by atoms with E-state index in [-0.39, 0.29) is 11.7 Å². The fourth-order valence-electron chi connectivity index (χ4n) is 1.74. The Kier molecular flexibility index (Phi) is 4.15. The van der Waals surface area contributed by atoms with Crippen LogP contribution in [0.1, 0.15) is 21.5 Å². The number of carbonyl (C=O) groups excluding carboxylic acids is 1. The number of benzene rings is 2. The summed E-state index contributed by atoms with van der Waals surface area (Å²) in [6.45, 7) is 2.30. The summed E-state index contributed by atoms with van der Waals surface area (Å²) < 4.78 is 0. The Labute approximate surface area is 112 Å². The van der Waals surface area contributed by atoms with Crippen LogP contribution in [0.3, 0.4) is 0 Å². The number of para-hydroxylation sites is 1. The predicted molar refractivity (Wildman–Crippen MR) is 73.6 cm³/mol. The van der Waals surface area contributed by atoms with Crippen LogP contribution in [-0.4, -0.2) is 11.0 Å². The third kappa shape index (κ3) is 3.56. The number of nitrogens with one attached hydrogen (secondary N) is 2. The topological polar surface area (TPSA) is 61.4 Å². The Morgan fingerprint density at radius 2 is 1.95 bits per heavy atom. The zero-order chi connectivity index (χ0) is 13.7. The molecule has 2 rings (SSSR count). The molecule has 0 saturated heterocycles. The number of hydrogen-bond donors (Lipinski definition) is 3. The number of amides is 1. The minimum atomic E-state index is -0.195. The molecule has 0 aliphatic rings. The highest BCUT2D eigenvalue weighted by Gasteiger charge is 2.05. The zero-order valence-corrected chi connectivity index (χ0v) is 10.7. The maximum atomic E-state index is 11.8. The Hall–Kier alpha value is -2.33. The summed E-state index contributed by atoms with van der Waals surface area (Å²) in [5.41, 5.74) is 7.77. The van der Waals surface area contributed by atoms with E-state index in [0.717, 1.165) is 11.1 Å². The largest absolute Gasteiger partial charge is 0.508 e. The maximum absolute atomic E-state index is 11.8. The van der Waals surface area contributed by atoms with Crippen LogP contribution in [0, 0.1) is 6.92 Å². The fraction of sp³-hybridized carbons (Fsp3) is 0.133. The van der Waals surface area contributed by atoms with Crippen LogP contribution >= 0.6 is 0 Å². The number of hydrazine groups is 1. The van der Waals surface area contributed by atoms with Crippen molar-refractivity contribution in [1.82, 2.24) is 10.9 Å². The Morgan fingerprint density at radius 1 is 1.16 bits per heavy atom. The molecule has 2 aromatic carbocycles. The molecule has 0 radical (unpaired) electrons. The molecule has 0 aliphatic carbocycles. The van der Waals surface area contributed by atoms with Gasteiger partial charge in [-0.3, -0.25) is 10.2 Å². The number of rotatable bonds is 4. The third-order valence-corrected chi connectivity index (χ3v) is 2.75. The Bertz CT molecular complexity index is 582. The SMILES string of the molecule is Cc1cccc(C(=O)NNCc2ccccc2O)c1. The van der Waals surface area contributed by atoms with Crippen LogP contribution in [0.4, 0.5) is 0 Å². The molecule has 0 aromatic heterocycles. The monoisotopic (exact) mass is 256 g/mol. The van der Waals surface area contributed by atoms with Crippen molar-refractivity contribution in [3.63, 3.8) is 0 Å². The van der Waals surface area contributed by atoms with E-state index in [9.17, 15) is 9.90 Å². The van der Waals surface area contributed by atoms with Gasteiger partial charge in [-0.25, -0.2) is 5.43 Å². The molecule has 0 heterocycles. The van der Waals surface area contributed by atoms with Gasteiger partial charge in [0.15, 0.2) is 0 Å². The zero-order valence-electron chi connectivity index (χ0n) is 10.7. The lowest BCUT2D eigenvalue weighted by Crippen LogP contribution is -2.36. The molecule has 4 nitrogen and oxygen atoms in total. The van der Waals surface area contributed by atoms with Crippen LogP contribution < -0.4 is 10.9 Å². The smallest absolute Gasteiger partial charge is 0.265 e. The highest BCUT2D eigenvalue weighted by molar-refractivity contribution is 5.93. The summed E-state index contributed by atoms with van der Waals surface area (Å²) in [5.74, 6) is 0.0129. The van der Waals surface area contributed by atoms with E-state index in [4.69, 9.17) is 0 Å². The van der Waals surface area contributed by atoms with E-state index in [2.05, 4.69) is 10.9 Å². The van der Waals surface area contributed by atoms with Crippen LogP contribution in [0.2, 0.25) is 0 Å². The van der Waals surface area contributed by atoms with Gasteiger partial charge in [-0.05, 0) is 25.1 Å². The van der Waals surface area contributed by atoms with Crippen molar-refractivity contribution in [3.05, 3.63) is 65.2 Å². The van der Waals surface area contributed by atoms with Gasteiger partial charge in [0.1, 0.15) is 5.75 Å². The second-order valence-corrected chi connectivity index (χ2v) is 4.31. The molecular formula is C15H16N2O2. The highest BCUT2D eigenvalue weighted by atomic mass is 16.3. The molecule has 2 aromatic rings. The van der Waals surface area contributed by atoms with Crippen LogP contribution in [0.25, 0.3) is 0 Å². The number of phenols is 1. The van der Waals surface area contributed by atoms with Crippen molar-refractivity contribution < 1.29 is 9.90 Å². The molecule has 98 valence electrons. The van der Waals surface area contributed by atoms with Gasteiger partial charge in [-0.2, -0.15) is 0 Å². The van der Waals surface area contributed by atoms with Gasteiger partial charge in [0.2, 0.25) is 0 Å². The van der Waals surface area contributed by atoms with Crippen molar-refractivity contribution in [3.8, 4) is 5.75 Å². The van der Waals surface area contributed by atoms with E-state index in [1.54, 1.807) is 24.3 Å². The van der Waals surface area contributed by atoms with E-state index >= 15 is 0 Å². The molecule has 1 amide bonds. The maximum Gasteiger partial charge on any atom is 0.265 e. The standard InChI is InChI=1S/C15H16N2O2/c1-11-5-4-7-12(9-11)15(19)17-16-10-13-6-2-3-8-14(13)18/h2-9,16,18H,10H2,1H3,(H,17,19). The summed E-state index contributed by atoms with van der Waals surface area (Å²) in [4.78, 5) is 11.8. The molecule has 4 heteroatoms. The lowest BCUT2D eigenvalue weighted by atomic mass is 10.1. The van der Waals surface area contributed by atoms with E-state index in [0.29, 0.717) is 12.1 Å². The van der Waals surface area contributed by atoms with E-state index < -0.39 is 0 Å². The first-order valence-electron chi connectivity index (χ1n) is 6.03. The van der Waals surface area contributed by atoms with Gasteiger partial charge in [-0.1, -0.05) is 35.9 Å². The van der Waals surface area contributed by atoms with Crippen molar-refractivity contribution in [2.24, 2.45) is 0 Å². The first-order chi connectivity index (χ1) is 9.16. The molecule has 0 unspecified atom stereocenters. The van der Waals surface area contributed by atoms with Crippen LogP contribution in [0.15, 0.2) is 48.5 Å². The van der Waals surface area contributed by atoms with E-state index in [1.165, 1.54) is 0 Å². The quantitative estimate of drug-likeness (QED) is 0.734. The molecule has 0 atom stereocenters. The molecule has 3 N–H and O–H groups in total.